The Hall–Kier alpha value is -2.49. The first-order valence-electron chi connectivity index (χ1n) is 9.29. The second-order valence-corrected chi connectivity index (χ2v) is 8.97. The highest BCUT2D eigenvalue weighted by Crippen LogP contribution is 2.34. The highest BCUT2D eigenvalue weighted by molar-refractivity contribution is 7.98. The van der Waals surface area contributed by atoms with Crippen molar-refractivity contribution in [3.05, 3.63) is 68.6 Å². The molecular formula is C21H19ClFN3O3S2. The fourth-order valence-corrected chi connectivity index (χ4v) is 4.69. The molecule has 0 bridgehead atoms. The van der Waals surface area contributed by atoms with Crippen molar-refractivity contribution < 1.29 is 18.7 Å². The maximum Gasteiger partial charge on any atom is 0.341 e. The van der Waals surface area contributed by atoms with Crippen LogP contribution in [-0.2, 0) is 10.5 Å². The minimum absolute atomic E-state index is 0.0359. The number of halogens is 2. The molecule has 2 aromatic heterocycles. The molecule has 0 aliphatic carbocycles. The van der Waals surface area contributed by atoms with Gasteiger partial charge in [0.25, 0.3) is 5.91 Å². The summed E-state index contributed by atoms with van der Waals surface area (Å²) in [4.78, 5) is 34.4. The molecule has 0 unspecified atom stereocenters. The minimum Gasteiger partial charge on any atom is -0.462 e. The van der Waals surface area contributed by atoms with Gasteiger partial charge in [-0.15, -0.1) is 11.3 Å². The number of anilines is 1. The van der Waals surface area contributed by atoms with Gasteiger partial charge in [0.1, 0.15) is 10.8 Å². The number of thioether (sulfide) groups is 1. The Morgan fingerprint density at radius 1 is 1.29 bits per heavy atom. The molecule has 0 radical (unpaired) electrons. The molecule has 6 nitrogen and oxygen atoms in total. The van der Waals surface area contributed by atoms with Crippen molar-refractivity contribution in [2.45, 2.75) is 31.7 Å². The first-order valence-corrected chi connectivity index (χ1v) is 11.5. The first kappa shape index (κ1) is 23.2. The van der Waals surface area contributed by atoms with Gasteiger partial charge in [-0.2, -0.15) is 0 Å². The molecule has 1 aromatic carbocycles. The van der Waals surface area contributed by atoms with Crippen LogP contribution in [0.2, 0.25) is 5.02 Å². The van der Waals surface area contributed by atoms with Crippen molar-refractivity contribution in [1.82, 2.24) is 9.97 Å². The summed E-state index contributed by atoms with van der Waals surface area (Å²) in [5, 5.41) is 3.43. The van der Waals surface area contributed by atoms with Gasteiger partial charge >= 0.3 is 5.97 Å². The average molecular weight is 480 g/mol. The Kier molecular flexibility index (Phi) is 7.64. The smallest absolute Gasteiger partial charge is 0.341 e. The maximum absolute atomic E-state index is 13.8. The van der Waals surface area contributed by atoms with E-state index < -0.39 is 11.9 Å². The van der Waals surface area contributed by atoms with Gasteiger partial charge in [0.2, 0.25) is 0 Å². The van der Waals surface area contributed by atoms with Gasteiger partial charge in [0, 0.05) is 10.6 Å². The predicted molar refractivity (Wildman–Crippen MR) is 121 cm³/mol. The summed E-state index contributed by atoms with van der Waals surface area (Å²) >= 11 is 8.60. The van der Waals surface area contributed by atoms with E-state index in [1.807, 2.05) is 6.92 Å². The number of benzene rings is 1. The Bertz CT molecular complexity index is 1140. The number of esters is 1. The van der Waals surface area contributed by atoms with Crippen LogP contribution in [0.25, 0.3) is 0 Å². The van der Waals surface area contributed by atoms with Crippen LogP contribution in [0.5, 0.6) is 0 Å². The zero-order valence-corrected chi connectivity index (χ0v) is 19.4. The molecule has 1 amide bonds. The SMILES string of the molecule is CCOC(=O)c1c(NC(=O)c2nc(SCc3ccccc3F)ncc2Cl)sc(C)c1C. The fourth-order valence-electron chi connectivity index (χ4n) is 2.66. The fraction of sp³-hybridized carbons (Fsp3) is 0.238. The highest BCUT2D eigenvalue weighted by Gasteiger charge is 2.24. The summed E-state index contributed by atoms with van der Waals surface area (Å²) in [6.45, 7) is 5.59. The molecule has 162 valence electrons. The number of ether oxygens (including phenoxy) is 1. The van der Waals surface area contributed by atoms with Crippen molar-refractivity contribution in [3.63, 3.8) is 0 Å². The zero-order valence-electron chi connectivity index (χ0n) is 17.0. The van der Waals surface area contributed by atoms with Crippen LogP contribution in [0.15, 0.2) is 35.6 Å². The van der Waals surface area contributed by atoms with Gasteiger partial charge in [0.15, 0.2) is 10.9 Å². The number of nitrogens with zero attached hydrogens (tertiary/aromatic N) is 2. The largest absolute Gasteiger partial charge is 0.462 e. The normalized spacial score (nSPS) is 10.7. The third-order valence-electron chi connectivity index (χ3n) is 4.34. The number of carbonyl (C=O) groups excluding carboxylic acids is 2. The molecule has 0 saturated heterocycles. The zero-order chi connectivity index (χ0) is 22.5. The van der Waals surface area contributed by atoms with Gasteiger partial charge in [-0.25, -0.2) is 19.2 Å². The predicted octanol–water partition coefficient (Wildman–Crippen LogP) is 5.67. The Morgan fingerprint density at radius 2 is 2.03 bits per heavy atom. The van der Waals surface area contributed by atoms with Gasteiger partial charge in [-0.1, -0.05) is 41.6 Å². The molecule has 10 heteroatoms. The monoisotopic (exact) mass is 479 g/mol. The number of aryl methyl sites for hydroxylation is 1. The number of amides is 1. The van der Waals surface area contributed by atoms with Crippen molar-refractivity contribution in [2.75, 3.05) is 11.9 Å². The van der Waals surface area contributed by atoms with Crippen LogP contribution < -0.4 is 5.32 Å². The van der Waals surface area contributed by atoms with Gasteiger partial charge in [-0.3, -0.25) is 4.79 Å². The molecule has 0 spiro atoms. The summed E-state index contributed by atoms with van der Waals surface area (Å²) in [7, 11) is 0. The third kappa shape index (κ3) is 5.41. The van der Waals surface area contributed by atoms with Crippen LogP contribution in [0.4, 0.5) is 9.39 Å². The number of aromatic nitrogens is 2. The lowest BCUT2D eigenvalue weighted by molar-refractivity contribution is 0.0527. The number of carbonyl (C=O) groups is 2. The van der Waals surface area contributed by atoms with E-state index in [9.17, 15) is 14.0 Å². The van der Waals surface area contributed by atoms with E-state index in [0.717, 1.165) is 10.4 Å². The summed E-state index contributed by atoms with van der Waals surface area (Å²) in [5.74, 6) is -1.11. The number of rotatable bonds is 7. The molecule has 0 saturated carbocycles. The van der Waals surface area contributed by atoms with E-state index in [1.54, 1.807) is 32.0 Å². The molecule has 2 heterocycles. The van der Waals surface area contributed by atoms with Crippen LogP contribution in [0, 0.1) is 19.7 Å². The molecule has 0 aliphatic rings. The van der Waals surface area contributed by atoms with Crippen LogP contribution >= 0.6 is 34.7 Å². The lowest BCUT2D eigenvalue weighted by Gasteiger charge is -2.09. The second-order valence-electron chi connectivity index (χ2n) is 6.39. The maximum atomic E-state index is 13.8. The molecule has 1 N–H and O–H groups in total. The molecule has 0 atom stereocenters. The van der Waals surface area contributed by atoms with Crippen molar-refractivity contribution >= 4 is 51.6 Å². The van der Waals surface area contributed by atoms with E-state index in [4.69, 9.17) is 16.3 Å². The second kappa shape index (κ2) is 10.2. The standard InChI is InChI=1S/C21H19ClFN3O3S2/c1-4-29-20(28)16-11(2)12(3)31-19(16)26-18(27)17-14(22)9-24-21(25-17)30-10-13-7-5-6-8-15(13)23/h5-9H,4,10H2,1-3H3,(H,26,27). The molecule has 3 aromatic rings. The molecule has 3 rings (SSSR count). The number of thiophene rings is 1. The third-order valence-corrected chi connectivity index (χ3v) is 6.65. The lowest BCUT2D eigenvalue weighted by Crippen LogP contribution is -2.17. The highest BCUT2D eigenvalue weighted by atomic mass is 35.5. The molecular weight excluding hydrogens is 461 g/mol. The van der Waals surface area contributed by atoms with Crippen molar-refractivity contribution in [3.8, 4) is 0 Å². The van der Waals surface area contributed by atoms with Crippen LogP contribution in [-0.4, -0.2) is 28.5 Å². The van der Waals surface area contributed by atoms with Crippen molar-refractivity contribution in [1.29, 1.82) is 0 Å². The quantitative estimate of drug-likeness (QED) is 0.267. The molecule has 0 fully saturated rings. The molecule has 31 heavy (non-hydrogen) atoms. The average Bonchev–Trinajstić information content (AvgIpc) is 3.01. The Morgan fingerprint density at radius 3 is 2.74 bits per heavy atom. The van der Waals surface area contributed by atoms with E-state index in [-0.39, 0.29) is 28.3 Å². The van der Waals surface area contributed by atoms with E-state index in [1.165, 1.54) is 35.4 Å². The first-order chi connectivity index (χ1) is 14.8. The van der Waals surface area contributed by atoms with E-state index >= 15 is 0 Å². The van der Waals surface area contributed by atoms with Crippen LogP contribution in [0.3, 0.4) is 0 Å². The summed E-state index contributed by atoms with van der Waals surface area (Å²) in [5.41, 5.74) is 1.53. The number of hydrogen-bond acceptors (Lipinski definition) is 7. The van der Waals surface area contributed by atoms with Crippen LogP contribution in [0.1, 0.15) is 43.8 Å². The van der Waals surface area contributed by atoms with Crippen molar-refractivity contribution in [2.24, 2.45) is 0 Å². The lowest BCUT2D eigenvalue weighted by atomic mass is 10.1. The summed E-state index contributed by atoms with van der Waals surface area (Å²) in [6, 6.07) is 6.41. The van der Waals surface area contributed by atoms with Gasteiger partial charge < -0.3 is 10.1 Å². The van der Waals surface area contributed by atoms with E-state index in [2.05, 4.69) is 15.3 Å². The molecule has 0 aliphatic heterocycles. The number of nitrogens with one attached hydrogen (secondary N) is 1. The van der Waals surface area contributed by atoms with Gasteiger partial charge in [-0.05, 0) is 38.0 Å². The summed E-state index contributed by atoms with van der Waals surface area (Å²) in [6.07, 6.45) is 1.32. The Labute approximate surface area is 192 Å². The van der Waals surface area contributed by atoms with Gasteiger partial charge in [0.05, 0.1) is 23.4 Å². The topological polar surface area (TPSA) is 81.2 Å². The summed E-state index contributed by atoms with van der Waals surface area (Å²) < 4.78 is 18.9. The van der Waals surface area contributed by atoms with E-state index in [0.29, 0.717) is 21.9 Å². The Balaban J connectivity index is 1.81. The minimum atomic E-state index is -0.577. The number of hydrogen-bond donors (Lipinski definition) is 1.